The number of amides is 1. The zero-order valence-electron chi connectivity index (χ0n) is 17.6. The van der Waals surface area contributed by atoms with Crippen molar-refractivity contribution in [2.75, 3.05) is 6.61 Å². The highest BCUT2D eigenvalue weighted by Crippen LogP contribution is 2.36. The van der Waals surface area contributed by atoms with E-state index in [-0.39, 0.29) is 11.8 Å². The molecule has 0 saturated carbocycles. The molecule has 1 unspecified atom stereocenters. The second kappa shape index (κ2) is 12.1. The Labute approximate surface area is 211 Å². The van der Waals surface area contributed by atoms with Gasteiger partial charge in [0.1, 0.15) is 12.6 Å². The number of alkyl carbamates (subject to hydrolysis) is 1. The van der Waals surface area contributed by atoms with Gasteiger partial charge in [-0.05, 0) is 36.0 Å². The molecule has 11 nitrogen and oxygen atoms in total. The number of rotatable bonds is 11. The molecular weight excluding hydrogens is 527 g/mol. The van der Waals surface area contributed by atoms with E-state index in [2.05, 4.69) is 25.7 Å². The lowest BCUT2D eigenvalue weighted by atomic mass is 10.1. The fraction of sp³-hybridized carbons (Fsp3) is 0.316. The van der Waals surface area contributed by atoms with Gasteiger partial charge >= 0.3 is 12.1 Å². The van der Waals surface area contributed by atoms with Crippen molar-refractivity contribution in [1.29, 1.82) is 0 Å². The first kappa shape index (κ1) is 25.9. The molecule has 34 heavy (non-hydrogen) atoms. The average Bonchev–Trinajstić information content (AvgIpc) is 3.38. The summed E-state index contributed by atoms with van der Waals surface area (Å²) in [6.45, 7) is 1.49. The number of nitrogens with one attached hydrogen (secondary N) is 1. The summed E-state index contributed by atoms with van der Waals surface area (Å²) in [5.74, 6) is -1.91. The van der Waals surface area contributed by atoms with Crippen LogP contribution in [0.3, 0.4) is 0 Å². The van der Waals surface area contributed by atoms with Crippen molar-refractivity contribution in [3.63, 3.8) is 0 Å². The number of halogens is 2. The molecule has 0 aliphatic rings. The molecule has 1 amide bonds. The fourth-order valence-electron chi connectivity index (χ4n) is 2.66. The average molecular weight is 545 g/mol. The first-order valence-electron chi connectivity index (χ1n) is 9.69. The van der Waals surface area contributed by atoms with Crippen molar-refractivity contribution in [3.05, 3.63) is 44.3 Å². The molecule has 0 aliphatic carbocycles. The Kier molecular flexibility index (Phi) is 9.21. The maximum absolute atomic E-state index is 12.6. The van der Waals surface area contributed by atoms with Crippen LogP contribution in [0.25, 0.3) is 0 Å². The minimum atomic E-state index is -1.34. The first-order valence-corrected chi connectivity index (χ1v) is 12.1. The predicted molar refractivity (Wildman–Crippen MR) is 124 cm³/mol. The molecule has 0 fully saturated rings. The number of hydrogen-bond donors (Lipinski definition) is 2. The van der Waals surface area contributed by atoms with E-state index >= 15 is 0 Å². The molecule has 0 saturated heterocycles. The number of benzene rings is 1. The number of carbonyl (C=O) groups is 3. The van der Waals surface area contributed by atoms with Crippen molar-refractivity contribution < 1.29 is 24.2 Å². The molecule has 1 aromatic carbocycles. The second-order valence-electron chi connectivity index (χ2n) is 6.76. The lowest BCUT2D eigenvalue weighted by molar-refractivity contribution is -0.139. The number of tetrazole rings is 1. The number of hydrogen-bond acceptors (Lipinski definition) is 10. The minimum Gasteiger partial charge on any atom is -0.481 e. The van der Waals surface area contributed by atoms with Gasteiger partial charge in [0.15, 0.2) is 5.78 Å². The van der Waals surface area contributed by atoms with Gasteiger partial charge in [-0.2, -0.15) is 4.80 Å². The Morgan fingerprint density at radius 3 is 2.68 bits per heavy atom. The summed E-state index contributed by atoms with van der Waals surface area (Å²) in [5.41, 5.74) is 2.54. The number of Topliss-reactive ketones (excluding diaryl/α,β-unsaturated/α-hetero) is 1. The zero-order valence-corrected chi connectivity index (χ0v) is 20.7. The molecule has 2 N–H and O–H groups in total. The number of thiazole rings is 1. The van der Waals surface area contributed by atoms with E-state index in [0.717, 1.165) is 27.1 Å². The van der Waals surface area contributed by atoms with Gasteiger partial charge in [-0.25, -0.2) is 9.78 Å². The van der Waals surface area contributed by atoms with Crippen LogP contribution in [-0.4, -0.2) is 60.8 Å². The topological polar surface area (TPSA) is 149 Å². The van der Waals surface area contributed by atoms with Crippen molar-refractivity contribution in [3.8, 4) is 0 Å². The first-order chi connectivity index (χ1) is 16.2. The van der Waals surface area contributed by atoms with E-state index in [4.69, 9.17) is 33.0 Å². The summed E-state index contributed by atoms with van der Waals surface area (Å²) >= 11 is 14.8. The molecule has 3 aromatic rings. The number of ketones is 1. The second-order valence-corrected chi connectivity index (χ2v) is 9.49. The molecule has 0 bridgehead atoms. The van der Waals surface area contributed by atoms with Gasteiger partial charge in [0, 0.05) is 11.3 Å². The van der Waals surface area contributed by atoms with Crippen LogP contribution in [-0.2, 0) is 27.3 Å². The molecule has 180 valence electrons. The summed E-state index contributed by atoms with van der Waals surface area (Å²) in [6.07, 6.45) is -1.08. The van der Waals surface area contributed by atoms with Crippen molar-refractivity contribution in [2.24, 2.45) is 0 Å². The summed E-state index contributed by atoms with van der Waals surface area (Å²) in [6, 6.07) is 3.67. The van der Waals surface area contributed by atoms with Gasteiger partial charge in [-0.1, -0.05) is 29.3 Å². The van der Waals surface area contributed by atoms with Gasteiger partial charge in [0.2, 0.25) is 5.16 Å². The van der Waals surface area contributed by atoms with Crippen LogP contribution in [0.4, 0.5) is 4.79 Å². The zero-order chi connectivity index (χ0) is 24.7. The number of carbonyl (C=O) groups excluding carboxylic acids is 2. The van der Waals surface area contributed by atoms with E-state index in [1.54, 1.807) is 23.7 Å². The maximum atomic E-state index is 12.6. The van der Waals surface area contributed by atoms with Crippen LogP contribution in [0.1, 0.15) is 17.0 Å². The third-order valence-corrected chi connectivity index (χ3v) is 7.15. The normalized spacial score (nSPS) is 11.7. The Hall–Kier alpha value is -2.74. The Bertz CT molecular complexity index is 1170. The molecule has 1 atom stereocenters. The number of carboxylic acid groups (broad SMARTS) is 1. The summed E-state index contributed by atoms with van der Waals surface area (Å²) < 4.78 is 5.08. The standard InChI is InChI=1S/C19H18Cl2N6O5S2/c1-10-15(33-9-22-10)5-6-32-19(31)23-13(7-16(29)30)14(28)8-27-25-18(24-26-27)34-17-11(20)3-2-4-12(17)21/h2-4,9,13H,5-8H2,1H3,(H,23,31)(H,29,30). The number of nitrogens with zero attached hydrogens (tertiary/aromatic N) is 5. The number of aliphatic carboxylic acids is 1. The number of ether oxygens (including phenoxy) is 1. The van der Waals surface area contributed by atoms with Gasteiger partial charge in [0.25, 0.3) is 0 Å². The molecule has 0 radical (unpaired) electrons. The van der Waals surface area contributed by atoms with Gasteiger partial charge < -0.3 is 15.2 Å². The van der Waals surface area contributed by atoms with Gasteiger partial charge in [0.05, 0.1) is 39.2 Å². The van der Waals surface area contributed by atoms with E-state index in [0.29, 0.717) is 21.4 Å². The molecule has 2 heterocycles. The van der Waals surface area contributed by atoms with Crippen LogP contribution in [0.5, 0.6) is 0 Å². The van der Waals surface area contributed by atoms with E-state index in [9.17, 15) is 14.4 Å². The molecule has 15 heteroatoms. The SMILES string of the molecule is Cc1ncsc1CCOC(=O)NC(CC(=O)O)C(=O)Cn1nnc(Sc2c(Cl)cccc2Cl)n1. The molecule has 0 spiro atoms. The Morgan fingerprint density at radius 1 is 1.29 bits per heavy atom. The maximum Gasteiger partial charge on any atom is 0.407 e. The van der Waals surface area contributed by atoms with Crippen LogP contribution in [0.15, 0.2) is 33.8 Å². The van der Waals surface area contributed by atoms with Crippen molar-refractivity contribution in [2.45, 2.75) is 42.4 Å². The van der Waals surface area contributed by atoms with Crippen molar-refractivity contribution in [1.82, 2.24) is 30.5 Å². The molecule has 2 aromatic heterocycles. The largest absolute Gasteiger partial charge is 0.481 e. The van der Waals surface area contributed by atoms with E-state index in [1.807, 2.05) is 6.92 Å². The summed E-state index contributed by atoms with van der Waals surface area (Å²) in [7, 11) is 0. The quantitative estimate of drug-likeness (QED) is 0.368. The van der Waals surface area contributed by atoms with Crippen LogP contribution in [0.2, 0.25) is 10.0 Å². The molecule has 3 rings (SSSR count). The highest BCUT2D eigenvalue weighted by molar-refractivity contribution is 7.99. The monoisotopic (exact) mass is 544 g/mol. The third-order valence-electron chi connectivity index (χ3n) is 4.31. The number of aryl methyl sites for hydroxylation is 1. The lowest BCUT2D eigenvalue weighted by Gasteiger charge is -2.15. The smallest absolute Gasteiger partial charge is 0.407 e. The van der Waals surface area contributed by atoms with Crippen LogP contribution < -0.4 is 5.32 Å². The lowest BCUT2D eigenvalue weighted by Crippen LogP contribution is -2.44. The summed E-state index contributed by atoms with van der Waals surface area (Å²) in [4.78, 5) is 42.5. The van der Waals surface area contributed by atoms with Gasteiger partial charge in [-0.15, -0.1) is 21.5 Å². The Morgan fingerprint density at radius 2 is 2.03 bits per heavy atom. The molecular formula is C19H18Cl2N6O5S2. The van der Waals surface area contributed by atoms with E-state index < -0.39 is 36.9 Å². The highest BCUT2D eigenvalue weighted by atomic mass is 35.5. The minimum absolute atomic E-state index is 0.0542. The van der Waals surface area contributed by atoms with Crippen LogP contribution >= 0.6 is 46.3 Å². The fourth-order valence-corrected chi connectivity index (χ4v) is 4.78. The number of aromatic nitrogens is 5. The highest BCUT2D eigenvalue weighted by Gasteiger charge is 2.25. The molecule has 0 aliphatic heterocycles. The van der Waals surface area contributed by atoms with E-state index in [1.165, 1.54) is 11.3 Å². The predicted octanol–water partition coefficient (Wildman–Crippen LogP) is 3.28. The third kappa shape index (κ3) is 7.38. The van der Waals surface area contributed by atoms with Crippen LogP contribution in [0, 0.1) is 6.92 Å². The number of carboxylic acids is 1. The van der Waals surface area contributed by atoms with Gasteiger partial charge in [-0.3, -0.25) is 9.59 Å². The van der Waals surface area contributed by atoms with Crippen molar-refractivity contribution >= 4 is 64.1 Å². The summed E-state index contributed by atoms with van der Waals surface area (Å²) in [5, 5.41) is 24.1. The Balaban J connectivity index is 1.57.